The Morgan fingerprint density at radius 3 is 2.75 bits per heavy atom. The van der Waals surface area contributed by atoms with Crippen molar-refractivity contribution in [2.45, 2.75) is 19.9 Å². The van der Waals surface area contributed by atoms with Crippen molar-refractivity contribution in [3.05, 3.63) is 36.0 Å². The zero-order chi connectivity index (χ0) is 14.7. The van der Waals surface area contributed by atoms with Gasteiger partial charge >= 0.3 is 0 Å². The monoisotopic (exact) mass is 275 g/mol. The number of aromatic nitrogens is 2. The number of anilines is 1. The largest absolute Gasteiger partial charge is 0.507 e. The third-order valence-corrected chi connectivity index (χ3v) is 2.85. The molecule has 0 bridgehead atoms. The quantitative estimate of drug-likeness (QED) is 0.898. The normalized spacial score (nSPS) is 10.6. The first-order valence-corrected chi connectivity index (χ1v) is 6.24. The van der Waals surface area contributed by atoms with Crippen molar-refractivity contribution in [1.82, 2.24) is 9.78 Å². The number of benzene rings is 1. The van der Waals surface area contributed by atoms with Crippen molar-refractivity contribution in [3.63, 3.8) is 0 Å². The molecule has 6 heteroatoms. The highest BCUT2D eigenvalue weighted by Gasteiger charge is 2.15. The van der Waals surface area contributed by atoms with Gasteiger partial charge < -0.3 is 15.2 Å². The van der Waals surface area contributed by atoms with Crippen LogP contribution < -0.4 is 10.1 Å². The minimum atomic E-state index is -0.396. The molecular formula is C14H17N3O3. The predicted octanol–water partition coefficient (Wildman–Crippen LogP) is 2.43. The van der Waals surface area contributed by atoms with Crippen LogP contribution in [0.4, 0.5) is 5.82 Å². The summed E-state index contributed by atoms with van der Waals surface area (Å²) in [7, 11) is 1.50. The van der Waals surface area contributed by atoms with E-state index in [0.29, 0.717) is 11.6 Å². The van der Waals surface area contributed by atoms with E-state index in [4.69, 9.17) is 4.74 Å². The Kier molecular flexibility index (Phi) is 3.93. The van der Waals surface area contributed by atoms with E-state index < -0.39 is 5.91 Å². The average molecular weight is 275 g/mol. The SMILES string of the molecule is COc1ccc(C(=O)Nc2ccnn2C(C)C)c(O)c1. The number of carbonyl (C=O) groups excluding carboxylic acids is 1. The molecule has 2 aromatic rings. The number of ether oxygens (including phenoxy) is 1. The number of phenolic OH excluding ortho intramolecular Hbond substituents is 1. The standard InChI is InChI=1S/C14H17N3O3/c1-9(2)17-13(6-7-15-17)16-14(19)11-5-4-10(20-3)8-12(11)18/h4-9,18H,1-3H3,(H,16,19). The minimum absolute atomic E-state index is 0.127. The molecule has 1 heterocycles. The molecule has 0 aliphatic carbocycles. The number of carbonyl (C=O) groups is 1. The second kappa shape index (κ2) is 5.64. The van der Waals surface area contributed by atoms with Crippen LogP contribution in [-0.2, 0) is 0 Å². The third kappa shape index (κ3) is 2.74. The molecule has 1 amide bonds. The number of rotatable bonds is 4. The molecule has 0 spiro atoms. The Hall–Kier alpha value is -2.50. The van der Waals surface area contributed by atoms with E-state index in [1.54, 1.807) is 23.0 Å². The maximum atomic E-state index is 12.2. The summed E-state index contributed by atoms with van der Waals surface area (Å²) in [4.78, 5) is 12.2. The number of phenols is 1. The van der Waals surface area contributed by atoms with Crippen LogP contribution in [0.25, 0.3) is 0 Å². The Bertz CT molecular complexity index is 620. The van der Waals surface area contributed by atoms with Gasteiger partial charge in [-0.15, -0.1) is 0 Å². The summed E-state index contributed by atoms with van der Waals surface area (Å²) in [6, 6.07) is 6.37. The van der Waals surface area contributed by atoms with E-state index in [1.807, 2.05) is 13.8 Å². The summed E-state index contributed by atoms with van der Waals surface area (Å²) in [5.74, 6) is 0.552. The van der Waals surface area contributed by atoms with Gasteiger partial charge in [0.2, 0.25) is 0 Å². The molecule has 0 fully saturated rings. The molecule has 1 aromatic heterocycles. The van der Waals surface area contributed by atoms with Crippen LogP contribution in [0.1, 0.15) is 30.2 Å². The Morgan fingerprint density at radius 2 is 2.15 bits per heavy atom. The second-order valence-electron chi connectivity index (χ2n) is 4.59. The van der Waals surface area contributed by atoms with Crippen LogP contribution in [0.3, 0.4) is 0 Å². The molecule has 0 radical (unpaired) electrons. The van der Waals surface area contributed by atoms with Crippen molar-refractivity contribution in [2.75, 3.05) is 12.4 Å². The molecule has 0 atom stereocenters. The first-order valence-electron chi connectivity index (χ1n) is 6.24. The highest BCUT2D eigenvalue weighted by atomic mass is 16.5. The number of methoxy groups -OCH3 is 1. The van der Waals surface area contributed by atoms with Gasteiger partial charge in [-0.2, -0.15) is 5.10 Å². The van der Waals surface area contributed by atoms with Gasteiger partial charge in [-0.3, -0.25) is 4.79 Å². The molecule has 2 rings (SSSR count). The van der Waals surface area contributed by atoms with Gasteiger partial charge in [0.15, 0.2) is 0 Å². The first-order chi connectivity index (χ1) is 9.52. The highest BCUT2D eigenvalue weighted by molar-refractivity contribution is 6.05. The lowest BCUT2D eigenvalue weighted by molar-refractivity contribution is 0.102. The molecule has 0 unspecified atom stereocenters. The van der Waals surface area contributed by atoms with Gasteiger partial charge in [0.1, 0.15) is 17.3 Å². The molecule has 0 saturated heterocycles. The summed E-state index contributed by atoms with van der Waals surface area (Å²) >= 11 is 0. The Morgan fingerprint density at radius 1 is 1.40 bits per heavy atom. The van der Waals surface area contributed by atoms with Gasteiger partial charge in [-0.05, 0) is 26.0 Å². The molecule has 106 valence electrons. The van der Waals surface area contributed by atoms with Gasteiger partial charge in [0, 0.05) is 18.2 Å². The second-order valence-corrected chi connectivity index (χ2v) is 4.59. The fourth-order valence-corrected chi connectivity index (χ4v) is 1.84. The van der Waals surface area contributed by atoms with Crippen LogP contribution in [0.5, 0.6) is 11.5 Å². The van der Waals surface area contributed by atoms with E-state index in [1.165, 1.54) is 19.2 Å². The first kappa shape index (κ1) is 13.9. The van der Waals surface area contributed by atoms with Gasteiger partial charge in [-0.25, -0.2) is 4.68 Å². The molecule has 20 heavy (non-hydrogen) atoms. The molecule has 6 nitrogen and oxygen atoms in total. The number of hydrogen-bond donors (Lipinski definition) is 2. The lowest BCUT2D eigenvalue weighted by Gasteiger charge is -2.12. The summed E-state index contributed by atoms with van der Waals surface area (Å²) in [6.07, 6.45) is 1.61. The fraction of sp³-hybridized carbons (Fsp3) is 0.286. The van der Waals surface area contributed by atoms with Gasteiger partial charge in [0.25, 0.3) is 5.91 Å². The van der Waals surface area contributed by atoms with Crippen molar-refractivity contribution in [3.8, 4) is 11.5 Å². The van der Waals surface area contributed by atoms with Crippen LogP contribution in [0.15, 0.2) is 30.5 Å². The van der Waals surface area contributed by atoms with Crippen molar-refractivity contribution in [2.24, 2.45) is 0 Å². The number of nitrogens with one attached hydrogen (secondary N) is 1. The zero-order valence-electron chi connectivity index (χ0n) is 11.6. The van der Waals surface area contributed by atoms with E-state index in [-0.39, 0.29) is 17.4 Å². The third-order valence-electron chi connectivity index (χ3n) is 2.85. The number of nitrogens with zero attached hydrogens (tertiary/aromatic N) is 2. The molecule has 1 aromatic carbocycles. The maximum Gasteiger partial charge on any atom is 0.260 e. The number of amides is 1. The predicted molar refractivity (Wildman–Crippen MR) is 75.2 cm³/mol. The highest BCUT2D eigenvalue weighted by Crippen LogP contribution is 2.24. The topological polar surface area (TPSA) is 76.4 Å². The summed E-state index contributed by atoms with van der Waals surface area (Å²) in [6.45, 7) is 3.93. The van der Waals surface area contributed by atoms with Crippen molar-refractivity contribution < 1.29 is 14.6 Å². The van der Waals surface area contributed by atoms with E-state index in [2.05, 4.69) is 10.4 Å². The fourth-order valence-electron chi connectivity index (χ4n) is 1.84. The van der Waals surface area contributed by atoms with Crippen LogP contribution in [0.2, 0.25) is 0 Å². The molecule has 2 N–H and O–H groups in total. The summed E-state index contributed by atoms with van der Waals surface area (Å²) in [5, 5.41) is 16.7. The van der Waals surface area contributed by atoms with E-state index in [0.717, 1.165) is 0 Å². The molecule has 0 saturated carbocycles. The van der Waals surface area contributed by atoms with E-state index in [9.17, 15) is 9.90 Å². The molecular weight excluding hydrogens is 258 g/mol. The smallest absolute Gasteiger partial charge is 0.260 e. The summed E-state index contributed by atoms with van der Waals surface area (Å²) < 4.78 is 6.67. The maximum absolute atomic E-state index is 12.2. The number of hydrogen-bond acceptors (Lipinski definition) is 4. The molecule has 0 aliphatic rings. The molecule has 0 aliphatic heterocycles. The van der Waals surface area contributed by atoms with Crippen molar-refractivity contribution >= 4 is 11.7 Å². The van der Waals surface area contributed by atoms with E-state index >= 15 is 0 Å². The van der Waals surface area contributed by atoms with Gasteiger partial charge in [0.05, 0.1) is 18.9 Å². The lowest BCUT2D eigenvalue weighted by Crippen LogP contribution is -2.16. The lowest BCUT2D eigenvalue weighted by atomic mass is 10.2. The van der Waals surface area contributed by atoms with Gasteiger partial charge in [-0.1, -0.05) is 0 Å². The minimum Gasteiger partial charge on any atom is -0.507 e. The zero-order valence-corrected chi connectivity index (χ0v) is 11.6. The van der Waals surface area contributed by atoms with Crippen LogP contribution >= 0.6 is 0 Å². The van der Waals surface area contributed by atoms with Crippen LogP contribution in [0, 0.1) is 0 Å². The Labute approximate surface area is 117 Å². The average Bonchev–Trinajstić information content (AvgIpc) is 2.86. The number of aromatic hydroxyl groups is 1. The Balaban J connectivity index is 2.22. The van der Waals surface area contributed by atoms with Crippen LogP contribution in [-0.4, -0.2) is 27.9 Å². The summed E-state index contributed by atoms with van der Waals surface area (Å²) in [5.41, 5.74) is 0.183. The van der Waals surface area contributed by atoms with Crippen molar-refractivity contribution in [1.29, 1.82) is 0 Å².